The van der Waals surface area contributed by atoms with Crippen LogP contribution in [0.3, 0.4) is 0 Å². The summed E-state index contributed by atoms with van der Waals surface area (Å²) in [5.41, 5.74) is 3.65. The first-order chi connectivity index (χ1) is 13.6. The van der Waals surface area contributed by atoms with Crippen molar-refractivity contribution in [3.63, 3.8) is 0 Å². The van der Waals surface area contributed by atoms with Gasteiger partial charge in [-0.2, -0.15) is 4.98 Å². The Morgan fingerprint density at radius 1 is 1.04 bits per heavy atom. The largest absolute Gasteiger partial charge is 0.497 e. The Balaban J connectivity index is 1.63. The predicted molar refractivity (Wildman–Crippen MR) is 106 cm³/mol. The lowest BCUT2D eigenvalue weighted by atomic mass is 10.1. The number of nitrogens with zero attached hydrogens (tertiary/aromatic N) is 3. The third-order valence-electron chi connectivity index (χ3n) is 4.44. The molecular formula is C22H19N3O3. The Hall–Kier alpha value is -3.67. The summed E-state index contributed by atoms with van der Waals surface area (Å²) in [4.78, 5) is 16.7. The molecule has 140 valence electrons. The first kappa shape index (κ1) is 17.7. The standard InChI is InChI=1S/C22H19N3O3/c1-15-4-3-5-16(12-15)13-25-14-18(8-11-20(25)26)22-23-21(24-28-22)17-6-9-19(27-2)10-7-17/h3-12,14H,13H2,1-2H3. The van der Waals surface area contributed by atoms with Crippen molar-refractivity contribution in [2.75, 3.05) is 7.11 Å². The molecule has 28 heavy (non-hydrogen) atoms. The number of ether oxygens (including phenoxy) is 1. The van der Waals surface area contributed by atoms with E-state index in [1.165, 1.54) is 6.07 Å². The highest BCUT2D eigenvalue weighted by molar-refractivity contribution is 5.59. The number of aromatic nitrogens is 3. The van der Waals surface area contributed by atoms with Crippen LogP contribution in [-0.2, 0) is 6.54 Å². The summed E-state index contributed by atoms with van der Waals surface area (Å²) in [6.45, 7) is 2.51. The number of hydrogen-bond acceptors (Lipinski definition) is 5. The van der Waals surface area contributed by atoms with Crippen LogP contribution in [-0.4, -0.2) is 21.8 Å². The molecule has 0 atom stereocenters. The van der Waals surface area contributed by atoms with Crippen LogP contribution in [0.4, 0.5) is 0 Å². The molecule has 0 aliphatic rings. The van der Waals surface area contributed by atoms with Crippen LogP contribution in [0.15, 0.2) is 76.2 Å². The van der Waals surface area contributed by atoms with Gasteiger partial charge in [-0.25, -0.2) is 0 Å². The summed E-state index contributed by atoms with van der Waals surface area (Å²) in [6.07, 6.45) is 1.75. The Labute approximate surface area is 162 Å². The van der Waals surface area contributed by atoms with Gasteiger partial charge in [0.2, 0.25) is 5.82 Å². The molecule has 0 saturated carbocycles. The van der Waals surface area contributed by atoms with Gasteiger partial charge in [-0.15, -0.1) is 0 Å². The van der Waals surface area contributed by atoms with Gasteiger partial charge in [0.15, 0.2) is 0 Å². The third kappa shape index (κ3) is 3.71. The summed E-state index contributed by atoms with van der Waals surface area (Å²) in [5.74, 6) is 1.61. The average molecular weight is 373 g/mol. The van der Waals surface area contributed by atoms with Gasteiger partial charge < -0.3 is 13.8 Å². The van der Waals surface area contributed by atoms with Crippen molar-refractivity contribution in [3.05, 3.63) is 88.3 Å². The summed E-state index contributed by atoms with van der Waals surface area (Å²) in [5, 5.41) is 4.05. The van der Waals surface area contributed by atoms with E-state index in [4.69, 9.17) is 9.26 Å². The van der Waals surface area contributed by atoms with E-state index in [0.717, 1.165) is 22.4 Å². The summed E-state index contributed by atoms with van der Waals surface area (Å²) in [7, 11) is 1.62. The second kappa shape index (κ2) is 7.52. The molecule has 0 radical (unpaired) electrons. The van der Waals surface area contributed by atoms with Crippen LogP contribution >= 0.6 is 0 Å². The molecule has 4 aromatic rings. The van der Waals surface area contributed by atoms with Crippen molar-refractivity contribution in [2.45, 2.75) is 13.5 Å². The highest BCUT2D eigenvalue weighted by Gasteiger charge is 2.12. The molecule has 0 saturated heterocycles. The number of benzene rings is 2. The molecular weight excluding hydrogens is 354 g/mol. The van der Waals surface area contributed by atoms with Gasteiger partial charge in [-0.3, -0.25) is 4.79 Å². The van der Waals surface area contributed by atoms with Crippen molar-refractivity contribution >= 4 is 0 Å². The molecule has 0 amide bonds. The van der Waals surface area contributed by atoms with Gasteiger partial charge >= 0.3 is 0 Å². The fraction of sp³-hybridized carbons (Fsp3) is 0.136. The Morgan fingerprint density at radius 2 is 1.82 bits per heavy atom. The monoisotopic (exact) mass is 373 g/mol. The zero-order valence-corrected chi connectivity index (χ0v) is 15.6. The Kier molecular flexibility index (Phi) is 4.76. The van der Waals surface area contributed by atoms with Crippen molar-refractivity contribution < 1.29 is 9.26 Å². The molecule has 2 aromatic heterocycles. The Bertz CT molecular complexity index is 1160. The number of methoxy groups -OCH3 is 1. The quantitative estimate of drug-likeness (QED) is 0.530. The molecule has 4 rings (SSSR count). The molecule has 6 nitrogen and oxygen atoms in total. The van der Waals surface area contributed by atoms with Crippen molar-refractivity contribution in [1.82, 2.24) is 14.7 Å². The maximum absolute atomic E-state index is 12.3. The van der Waals surface area contributed by atoms with Gasteiger partial charge in [-0.05, 0) is 42.8 Å². The van der Waals surface area contributed by atoms with Crippen molar-refractivity contribution in [1.29, 1.82) is 0 Å². The van der Waals surface area contributed by atoms with Crippen molar-refractivity contribution in [3.8, 4) is 28.6 Å². The minimum Gasteiger partial charge on any atom is -0.497 e. The first-order valence-electron chi connectivity index (χ1n) is 8.87. The van der Waals surface area contributed by atoms with Gasteiger partial charge in [0, 0.05) is 17.8 Å². The maximum atomic E-state index is 12.3. The lowest BCUT2D eigenvalue weighted by Crippen LogP contribution is -2.19. The van der Waals surface area contributed by atoms with E-state index in [0.29, 0.717) is 23.8 Å². The van der Waals surface area contributed by atoms with E-state index < -0.39 is 0 Å². The van der Waals surface area contributed by atoms with Gasteiger partial charge in [0.05, 0.1) is 19.2 Å². The second-order valence-electron chi connectivity index (χ2n) is 6.52. The van der Waals surface area contributed by atoms with Crippen molar-refractivity contribution in [2.24, 2.45) is 0 Å². The topological polar surface area (TPSA) is 70.2 Å². The summed E-state index contributed by atoms with van der Waals surface area (Å²) < 4.78 is 12.2. The minimum absolute atomic E-state index is 0.0832. The Morgan fingerprint density at radius 3 is 2.57 bits per heavy atom. The lowest BCUT2D eigenvalue weighted by molar-refractivity contribution is 0.415. The first-order valence-corrected chi connectivity index (χ1v) is 8.87. The molecule has 6 heteroatoms. The summed E-state index contributed by atoms with van der Waals surface area (Å²) in [6, 6.07) is 18.7. The zero-order chi connectivity index (χ0) is 19.5. The molecule has 0 unspecified atom stereocenters. The molecule has 0 bridgehead atoms. The van der Waals surface area contributed by atoms with Gasteiger partial charge in [0.1, 0.15) is 5.75 Å². The van der Waals surface area contributed by atoms with Crippen LogP contribution in [0.2, 0.25) is 0 Å². The SMILES string of the molecule is COc1ccc(-c2noc(-c3ccc(=O)n(Cc4cccc(C)c4)c3)n2)cc1. The van der Waals surface area contributed by atoms with Crippen LogP contribution in [0.25, 0.3) is 22.8 Å². The van der Waals surface area contributed by atoms with E-state index in [9.17, 15) is 4.79 Å². The maximum Gasteiger partial charge on any atom is 0.259 e. The number of aryl methyl sites for hydroxylation is 1. The van der Waals surface area contributed by atoms with Gasteiger partial charge in [0.25, 0.3) is 11.4 Å². The van der Waals surface area contributed by atoms with Crippen LogP contribution < -0.4 is 10.3 Å². The van der Waals surface area contributed by atoms with E-state index in [-0.39, 0.29) is 5.56 Å². The number of rotatable bonds is 5. The van der Waals surface area contributed by atoms with Crippen LogP contribution in [0.1, 0.15) is 11.1 Å². The molecule has 2 heterocycles. The lowest BCUT2D eigenvalue weighted by Gasteiger charge is -2.07. The highest BCUT2D eigenvalue weighted by atomic mass is 16.5. The normalized spacial score (nSPS) is 10.8. The van der Waals surface area contributed by atoms with E-state index in [1.54, 1.807) is 23.9 Å². The molecule has 0 spiro atoms. The molecule has 0 fully saturated rings. The highest BCUT2D eigenvalue weighted by Crippen LogP contribution is 2.23. The van der Waals surface area contributed by atoms with Crippen LogP contribution in [0, 0.1) is 6.92 Å². The molecule has 2 aromatic carbocycles. The van der Waals surface area contributed by atoms with E-state index >= 15 is 0 Å². The van der Waals surface area contributed by atoms with Gasteiger partial charge in [-0.1, -0.05) is 35.0 Å². The molecule has 0 aliphatic heterocycles. The van der Waals surface area contributed by atoms with Crippen LogP contribution in [0.5, 0.6) is 5.75 Å². The zero-order valence-electron chi connectivity index (χ0n) is 15.6. The number of pyridine rings is 1. The smallest absolute Gasteiger partial charge is 0.259 e. The molecule has 0 aliphatic carbocycles. The van der Waals surface area contributed by atoms with E-state index in [2.05, 4.69) is 16.2 Å². The fourth-order valence-electron chi connectivity index (χ4n) is 2.99. The minimum atomic E-state index is -0.0832. The second-order valence-corrected chi connectivity index (χ2v) is 6.52. The summed E-state index contributed by atoms with van der Waals surface area (Å²) >= 11 is 0. The average Bonchev–Trinajstić information content (AvgIpc) is 3.20. The fourth-order valence-corrected chi connectivity index (χ4v) is 2.99. The van der Waals surface area contributed by atoms with E-state index in [1.807, 2.05) is 49.4 Å². The predicted octanol–water partition coefficient (Wildman–Crippen LogP) is 3.93. The third-order valence-corrected chi connectivity index (χ3v) is 4.44. The molecule has 0 N–H and O–H groups in total. The number of hydrogen-bond donors (Lipinski definition) is 0.